The highest BCUT2D eigenvalue weighted by atomic mass is 32.2. The lowest BCUT2D eigenvalue weighted by Crippen LogP contribution is -2.52. The van der Waals surface area contributed by atoms with Crippen LogP contribution < -0.4 is 9.62 Å². The second-order valence-corrected chi connectivity index (χ2v) is 9.96. The number of hydrogen-bond donors (Lipinski definition) is 1. The molecule has 33 heavy (non-hydrogen) atoms. The third-order valence-corrected chi connectivity index (χ3v) is 6.79. The van der Waals surface area contributed by atoms with E-state index in [1.165, 1.54) is 4.90 Å². The van der Waals surface area contributed by atoms with E-state index in [0.717, 1.165) is 33.7 Å². The minimum atomic E-state index is -3.72. The fourth-order valence-electron chi connectivity index (χ4n) is 3.69. The van der Waals surface area contributed by atoms with E-state index in [1.807, 2.05) is 64.1 Å². The van der Waals surface area contributed by atoms with Crippen molar-refractivity contribution in [1.29, 1.82) is 0 Å². The van der Waals surface area contributed by atoms with Gasteiger partial charge in [-0.15, -0.1) is 0 Å². The molecule has 7 nitrogen and oxygen atoms in total. The minimum absolute atomic E-state index is 0.216. The van der Waals surface area contributed by atoms with Gasteiger partial charge in [0.15, 0.2) is 0 Å². The van der Waals surface area contributed by atoms with E-state index in [0.29, 0.717) is 18.7 Å². The maximum Gasteiger partial charge on any atom is 0.244 e. The van der Waals surface area contributed by atoms with Crippen molar-refractivity contribution in [3.63, 3.8) is 0 Å². The lowest BCUT2D eigenvalue weighted by Gasteiger charge is -2.33. The summed E-state index contributed by atoms with van der Waals surface area (Å²) in [4.78, 5) is 27.8. The summed E-state index contributed by atoms with van der Waals surface area (Å²) in [6.45, 7) is 7.91. The van der Waals surface area contributed by atoms with E-state index in [1.54, 1.807) is 12.1 Å². The van der Waals surface area contributed by atoms with Gasteiger partial charge in [-0.2, -0.15) is 0 Å². The normalized spacial score (nSPS) is 12.2. The Balaban J connectivity index is 2.43. The number of hydrogen-bond acceptors (Lipinski definition) is 4. The van der Waals surface area contributed by atoms with Crippen LogP contribution in [0.4, 0.5) is 5.69 Å². The number of carbonyl (C=O) groups excluding carboxylic acids is 2. The van der Waals surface area contributed by atoms with Gasteiger partial charge in [0.25, 0.3) is 0 Å². The summed E-state index contributed by atoms with van der Waals surface area (Å²) in [5.74, 6) is -0.679. The standard InChI is InChI=1S/C25H35N3O4S/c1-6-20-13-15-22(16-14-20)28(33(5,31)32)18-24(29)27(23(7-2)25(30)26-8-3)17-21-12-10-9-11-19(21)4/h9-16,23H,6-8,17-18H2,1-5H3,(H,26,30)/t23-/m1/s1. The Kier molecular flexibility index (Phi) is 9.46. The van der Waals surface area contributed by atoms with Crippen LogP contribution in [-0.4, -0.2) is 50.5 Å². The fourth-order valence-corrected chi connectivity index (χ4v) is 4.54. The second kappa shape index (κ2) is 11.8. The molecule has 8 heteroatoms. The van der Waals surface area contributed by atoms with Crippen LogP contribution in [0.5, 0.6) is 0 Å². The van der Waals surface area contributed by atoms with Crippen LogP contribution in [0.25, 0.3) is 0 Å². The lowest BCUT2D eigenvalue weighted by molar-refractivity contribution is -0.140. The van der Waals surface area contributed by atoms with Crippen LogP contribution in [0.1, 0.15) is 43.9 Å². The molecule has 2 aromatic carbocycles. The van der Waals surface area contributed by atoms with Gasteiger partial charge in [0.2, 0.25) is 21.8 Å². The van der Waals surface area contributed by atoms with Gasteiger partial charge in [-0.25, -0.2) is 8.42 Å². The molecule has 2 aromatic rings. The van der Waals surface area contributed by atoms with Crippen molar-refractivity contribution in [3.05, 3.63) is 65.2 Å². The molecular formula is C25H35N3O4S. The summed E-state index contributed by atoms with van der Waals surface area (Å²) in [6.07, 6.45) is 2.32. The van der Waals surface area contributed by atoms with E-state index in [4.69, 9.17) is 0 Å². The predicted molar refractivity (Wildman–Crippen MR) is 133 cm³/mol. The summed E-state index contributed by atoms with van der Waals surface area (Å²) >= 11 is 0. The number of anilines is 1. The predicted octanol–water partition coefficient (Wildman–Crippen LogP) is 3.27. The number of likely N-dealkylation sites (N-methyl/N-ethyl adjacent to an activating group) is 1. The van der Waals surface area contributed by atoms with Gasteiger partial charge in [0.1, 0.15) is 12.6 Å². The van der Waals surface area contributed by atoms with Crippen molar-refractivity contribution in [2.45, 2.75) is 53.1 Å². The summed E-state index contributed by atoms with van der Waals surface area (Å²) < 4.78 is 26.3. The molecule has 2 amide bonds. The summed E-state index contributed by atoms with van der Waals surface area (Å²) in [5.41, 5.74) is 3.40. The van der Waals surface area contributed by atoms with Gasteiger partial charge < -0.3 is 10.2 Å². The van der Waals surface area contributed by atoms with Crippen LogP contribution in [0.15, 0.2) is 48.5 Å². The molecule has 0 aliphatic heterocycles. The Morgan fingerprint density at radius 3 is 2.15 bits per heavy atom. The number of nitrogens with zero attached hydrogens (tertiary/aromatic N) is 2. The third-order valence-electron chi connectivity index (χ3n) is 5.65. The molecule has 0 saturated heterocycles. The van der Waals surface area contributed by atoms with Gasteiger partial charge in [-0.1, -0.05) is 50.2 Å². The Morgan fingerprint density at radius 2 is 1.64 bits per heavy atom. The minimum Gasteiger partial charge on any atom is -0.355 e. The van der Waals surface area contributed by atoms with Crippen molar-refractivity contribution >= 4 is 27.5 Å². The molecule has 1 atom stereocenters. The van der Waals surface area contributed by atoms with E-state index < -0.39 is 22.0 Å². The summed E-state index contributed by atoms with van der Waals surface area (Å²) in [6, 6.07) is 14.1. The largest absolute Gasteiger partial charge is 0.355 e. The van der Waals surface area contributed by atoms with E-state index in [9.17, 15) is 18.0 Å². The van der Waals surface area contributed by atoms with Crippen LogP contribution in [0.2, 0.25) is 0 Å². The first-order chi connectivity index (χ1) is 15.6. The maximum atomic E-state index is 13.6. The molecule has 0 aromatic heterocycles. The van der Waals surface area contributed by atoms with E-state index >= 15 is 0 Å². The molecule has 0 spiro atoms. The van der Waals surface area contributed by atoms with Crippen molar-refractivity contribution in [2.75, 3.05) is 23.7 Å². The Labute approximate surface area is 197 Å². The zero-order chi connectivity index (χ0) is 24.6. The first-order valence-corrected chi connectivity index (χ1v) is 13.1. The van der Waals surface area contributed by atoms with Crippen LogP contribution >= 0.6 is 0 Å². The molecule has 0 fully saturated rings. The maximum absolute atomic E-state index is 13.6. The molecule has 0 radical (unpaired) electrons. The zero-order valence-electron chi connectivity index (χ0n) is 20.2. The number of amides is 2. The third kappa shape index (κ3) is 7.05. The topological polar surface area (TPSA) is 86.8 Å². The molecule has 0 unspecified atom stereocenters. The van der Waals surface area contributed by atoms with Crippen LogP contribution in [-0.2, 0) is 32.6 Å². The van der Waals surface area contributed by atoms with Gasteiger partial charge >= 0.3 is 0 Å². The van der Waals surface area contributed by atoms with Crippen molar-refractivity contribution in [3.8, 4) is 0 Å². The van der Waals surface area contributed by atoms with Gasteiger partial charge in [0.05, 0.1) is 11.9 Å². The molecule has 1 N–H and O–H groups in total. The molecular weight excluding hydrogens is 438 g/mol. The molecule has 0 aliphatic rings. The number of rotatable bonds is 11. The monoisotopic (exact) mass is 473 g/mol. The summed E-state index contributed by atoms with van der Waals surface area (Å²) in [7, 11) is -3.72. The smallest absolute Gasteiger partial charge is 0.244 e. The number of benzene rings is 2. The number of carbonyl (C=O) groups is 2. The summed E-state index contributed by atoms with van der Waals surface area (Å²) in [5, 5.41) is 2.80. The fraction of sp³-hybridized carbons (Fsp3) is 0.440. The molecule has 180 valence electrons. The highest BCUT2D eigenvalue weighted by Gasteiger charge is 2.31. The van der Waals surface area contributed by atoms with Crippen molar-refractivity contribution in [2.24, 2.45) is 0 Å². The Hall–Kier alpha value is -2.87. The van der Waals surface area contributed by atoms with Crippen LogP contribution in [0.3, 0.4) is 0 Å². The molecule has 0 bridgehead atoms. The molecule has 0 aliphatic carbocycles. The Morgan fingerprint density at radius 1 is 1.00 bits per heavy atom. The highest BCUT2D eigenvalue weighted by Crippen LogP contribution is 2.21. The quantitative estimate of drug-likeness (QED) is 0.543. The zero-order valence-corrected chi connectivity index (χ0v) is 21.0. The van der Waals surface area contributed by atoms with Crippen molar-refractivity contribution < 1.29 is 18.0 Å². The Bertz CT molecular complexity index is 1050. The number of sulfonamides is 1. The van der Waals surface area contributed by atoms with Gasteiger partial charge in [0, 0.05) is 13.1 Å². The number of aryl methyl sites for hydroxylation is 2. The average Bonchev–Trinajstić information content (AvgIpc) is 2.78. The van der Waals surface area contributed by atoms with E-state index in [2.05, 4.69) is 5.32 Å². The van der Waals surface area contributed by atoms with Gasteiger partial charge in [-0.3, -0.25) is 13.9 Å². The number of nitrogens with one attached hydrogen (secondary N) is 1. The molecule has 0 heterocycles. The first kappa shape index (κ1) is 26.4. The highest BCUT2D eigenvalue weighted by molar-refractivity contribution is 7.92. The molecule has 2 rings (SSSR count). The molecule has 0 saturated carbocycles. The van der Waals surface area contributed by atoms with Crippen molar-refractivity contribution in [1.82, 2.24) is 10.2 Å². The first-order valence-electron chi connectivity index (χ1n) is 11.3. The van der Waals surface area contributed by atoms with E-state index in [-0.39, 0.29) is 19.0 Å². The average molecular weight is 474 g/mol. The SMILES string of the molecule is CCNC(=O)[C@@H](CC)N(Cc1ccccc1C)C(=O)CN(c1ccc(CC)cc1)S(C)(=O)=O. The second-order valence-electron chi connectivity index (χ2n) is 8.06. The van der Waals surface area contributed by atoms with Crippen LogP contribution in [0, 0.1) is 6.92 Å². The lowest BCUT2D eigenvalue weighted by atomic mass is 10.1. The van der Waals surface area contributed by atoms with Gasteiger partial charge in [-0.05, 0) is 55.5 Å².